The number of rotatable bonds is 6. The molecule has 0 saturated carbocycles. The number of benzene rings is 2. The van der Waals surface area contributed by atoms with E-state index in [2.05, 4.69) is 32.1 Å². The average Bonchev–Trinajstić information content (AvgIpc) is 2.71. The van der Waals surface area contributed by atoms with Gasteiger partial charge in [-0.2, -0.15) is 0 Å². The number of ether oxygens (including phenoxy) is 1. The first kappa shape index (κ1) is 22.2. The smallest absolute Gasteiger partial charge is 0.282 e. The maximum absolute atomic E-state index is 12.1. The van der Waals surface area contributed by atoms with Crippen LogP contribution in [0.5, 0.6) is 5.75 Å². The van der Waals surface area contributed by atoms with Crippen LogP contribution in [0, 0.1) is 10.1 Å². The van der Waals surface area contributed by atoms with Gasteiger partial charge >= 0.3 is 0 Å². The van der Waals surface area contributed by atoms with E-state index in [0.717, 1.165) is 16.5 Å². The normalized spacial score (nSPS) is 10.0. The van der Waals surface area contributed by atoms with E-state index in [0.29, 0.717) is 5.75 Å². The lowest BCUT2D eigenvalue weighted by Gasteiger charge is -2.12. The van der Waals surface area contributed by atoms with Gasteiger partial charge in [-0.25, -0.2) is 0 Å². The van der Waals surface area contributed by atoms with Gasteiger partial charge in [-0.3, -0.25) is 35.9 Å². The van der Waals surface area contributed by atoms with Crippen molar-refractivity contribution in [2.45, 2.75) is 13.3 Å². The lowest BCUT2D eigenvalue weighted by atomic mass is 10.1. The Bertz CT molecular complexity index is 954. The highest BCUT2D eigenvalue weighted by Crippen LogP contribution is 2.26. The van der Waals surface area contributed by atoms with E-state index in [1.165, 1.54) is 24.3 Å². The molecule has 0 atom stereocenters. The second kappa shape index (κ2) is 10.5. The zero-order valence-corrected chi connectivity index (χ0v) is 17.6. The van der Waals surface area contributed by atoms with Gasteiger partial charge in [0.15, 0.2) is 11.7 Å². The fourth-order valence-electron chi connectivity index (χ4n) is 2.21. The third-order valence-corrected chi connectivity index (χ3v) is 4.48. The Hall–Kier alpha value is -3.05. The Morgan fingerprint density at radius 1 is 1.21 bits per heavy atom. The summed E-state index contributed by atoms with van der Waals surface area (Å²) >= 11 is 8.28. The van der Waals surface area contributed by atoms with Crippen LogP contribution in [0.4, 0.5) is 5.69 Å². The van der Waals surface area contributed by atoms with Crippen molar-refractivity contribution < 1.29 is 19.2 Å². The predicted molar refractivity (Wildman–Crippen MR) is 113 cm³/mol. The molecule has 2 rings (SSSR count). The van der Waals surface area contributed by atoms with E-state index in [1.807, 2.05) is 19.1 Å². The van der Waals surface area contributed by atoms with Gasteiger partial charge in [-0.15, -0.1) is 0 Å². The minimum Gasteiger partial charge on any atom is -0.483 e. The minimum absolute atomic E-state index is 0.156. The first-order valence-corrected chi connectivity index (χ1v) is 9.56. The molecule has 0 spiro atoms. The molecule has 2 aromatic carbocycles. The number of carbonyl (C=O) groups is 2. The number of nitrogens with one attached hydrogen (secondary N) is 3. The van der Waals surface area contributed by atoms with E-state index < -0.39 is 16.7 Å². The van der Waals surface area contributed by atoms with E-state index in [9.17, 15) is 19.7 Å². The summed E-state index contributed by atoms with van der Waals surface area (Å²) < 4.78 is 6.15. The molecule has 0 bridgehead atoms. The molecule has 29 heavy (non-hydrogen) atoms. The number of carbonyl (C=O) groups excluding carboxylic acids is 2. The summed E-state index contributed by atoms with van der Waals surface area (Å²) in [6.07, 6.45) is 0.874. The summed E-state index contributed by atoms with van der Waals surface area (Å²) in [5.41, 5.74) is 5.22. The number of para-hydroxylation sites is 1. The number of hydrogen-bond donors (Lipinski definition) is 3. The van der Waals surface area contributed by atoms with Crippen molar-refractivity contribution >= 4 is 50.8 Å². The molecule has 0 aromatic heterocycles. The Labute approximate surface area is 180 Å². The summed E-state index contributed by atoms with van der Waals surface area (Å²) in [5.74, 6) is -0.816. The molecule has 0 radical (unpaired) electrons. The lowest BCUT2D eigenvalue weighted by Crippen LogP contribution is -2.49. The van der Waals surface area contributed by atoms with Crippen LogP contribution in [0.15, 0.2) is 46.9 Å². The average molecular weight is 481 g/mol. The number of nitro groups is 1. The fourth-order valence-corrected chi connectivity index (χ4v) is 2.90. The van der Waals surface area contributed by atoms with Crippen LogP contribution < -0.4 is 20.9 Å². The van der Waals surface area contributed by atoms with Gasteiger partial charge in [0, 0.05) is 6.07 Å². The molecular formula is C18H17BrN4O5S. The Morgan fingerprint density at radius 2 is 1.93 bits per heavy atom. The highest BCUT2D eigenvalue weighted by Gasteiger charge is 2.20. The van der Waals surface area contributed by atoms with Crippen LogP contribution in [0.2, 0.25) is 0 Å². The number of hydrogen-bond acceptors (Lipinski definition) is 6. The molecule has 0 heterocycles. The molecule has 2 amide bonds. The van der Waals surface area contributed by atoms with E-state index >= 15 is 0 Å². The quantitative estimate of drug-likeness (QED) is 0.329. The SMILES string of the molecule is CCc1ccc(OCC(=O)NNC(=S)NC(=O)c2ccccc2[N+](=O)[O-])c(Br)c1. The van der Waals surface area contributed by atoms with Crippen molar-refractivity contribution in [3.05, 3.63) is 68.2 Å². The second-order valence-electron chi connectivity index (χ2n) is 5.64. The summed E-state index contributed by atoms with van der Waals surface area (Å²) in [6, 6.07) is 11.0. The van der Waals surface area contributed by atoms with Crippen LogP contribution in [-0.2, 0) is 11.2 Å². The highest BCUT2D eigenvalue weighted by atomic mass is 79.9. The molecule has 3 N–H and O–H groups in total. The van der Waals surface area contributed by atoms with E-state index in [-0.39, 0.29) is 23.0 Å². The number of nitrogens with zero attached hydrogens (tertiary/aromatic N) is 1. The van der Waals surface area contributed by atoms with Gasteiger partial charge in [-0.1, -0.05) is 25.1 Å². The predicted octanol–water partition coefficient (Wildman–Crippen LogP) is 2.63. The third kappa shape index (κ3) is 6.50. The summed E-state index contributed by atoms with van der Waals surface area (Å²) in [5, 5.41) is 13.0. The Morgan fingerprint density at radius 3 is 2.59 bits per heavy atom. The van der Waals surface area contributed by atoms with Crippen LogP contribution in [0.1, 0.15) is 22.8 Å². The van der Waals surface area contributed by atoms with Crippen LogP contribution in [-0.4, -0.2) is 28.5 Å². The van der Waals surface area contributed by atoms with Crippen molar-refractivity contribution in [2.75, 3.05) is 6.61 Å². The number of halogens is 1. The minimum atomic E-state index is -0.778. The number of aryl methyl sites for hydroxylation is 1. The number of hydrazine groups is 1. The van der Waals surface area contributed by atoms with Crippen molar-refractivity contribution in [1.82, 2.24) is 16.2 Å². The molecule has 0 aliphatic carbocycles. The number of amides is 2. The Balaban J connectivity index is 1.82. The summed E-state index contributed by atoms with van der Waals surface area (Å²) in [7, 11) is 0. The molecule has 0 aliphatic heterocycles. The van der Waals surface area contributed by atoms with Gasteiger partial charge in [0.05, 0.1) is 9.40 Å². The topological polar surface area (TPSA) is 123 Å². The largest absolute Gasteiger partial charge is 0.483 e. The molecule has 0 fully saturated rings. The zero-order valence-electron chi connectivity index (χ0n) is 15.2. The molecule has 0 unspecified atom stereocenters. The van der Waals surface area contributed by atoms with Crippen molar-refractivity contribution in [3.63, 3.8) is 0 Å². The summed E-state index contributed by atoms with van der Waals surface area (Å²) in [6.45, 7) is 1.73. The van der Waals surface area contributed by atoms with Gasteiger partial charge in [0.1, 0.15) is 11.3 Å². The molecule has 0 saturated heterocycles. The van der Waals surface area contributed by atoms with Gasteiger partial charge in [0.25, 0.3) is 17.5 Å². The zero-order chi connectivity index (χ0) is 21.4. The first-order chi connectivity index (χ1) is 13.8. The lowest BCUT2D eigenvalue weighted by molar-refractivity contribution is -0.385. The van der Waals surface area contributed by atoms with E-state index in [4.69, 9.17) is 17.0 Å². The number of thiocarbonyl (C=S) groups is 1. The van der Waals surface area contributed by atoms with Crippen LogP contribution in [0.25, 0.3) is 0 Å². The number of nitro benzene ring substituents is 1. The molecule has 11 heteroatoms. The maximum Gasteiger partial charge on any atom is 0.282 e. The van der Waals surface area contributed by atoms with Crippen molar-refractivity contribution in [1.29, 1.82) is 0 Å². The van der Waals surface area contributed by atoms with Gasteiger partial charge in [-0.05, 0) is 58.3 Å². The first-order valence-electron chi connectivity index (χ1n) is 8.36. The van der Waals surface area contributed by atoms with Crippen LogP contribution in [0.3, 0.4) is 0 Å². The monoisotopic (exact) mass is 480 g/mol. The van der Waals surface area contributed by atoms with Gasteiger partial charge in [0.2, 0.25) is 0 Å². The van der Waals surface area contributed by atoms with Crippen LogP contribution >= 0.6 is 28.1 Å². The highest BCUT2D eigenvalue weighted by molar-refractivity contribution is 9.10. The van der Waals surface area contributed by atoms with Crippen molar-refractivity contribution in [2.24, 2.45) is 0 Å². The molecule has 0 aliphatic rings. The van der Waals surface area contributed by atoms with Gasteiger partial charge < -0.3 is 4.74 Å². The standard InChI is InChI=1S/C18H17BrN4O5S/c1-2-11-7-8-15(13(19)9-11)28-10-16(24)21-22-18(29)20-17(25)12-5-3-4-6-14(12)23(26)27/h3-9H,2,10H2,1H3,(H,21,24)(H2,20,22,25,29). The second-order valence-corrected chi connectivity index (χ2v) is 6.90. The van der Waals surface area contributed by atoms with Crippen molar-refractivity contribution in [3.8, 4) is 5.75 Å². The summed E-state index contributed by atoms with van der Waals surface area (Å²) in [4.78, 5) is 34.3. The maximum atomic E-state index is 12.1. The molecular weight excluding hydrogens is 464 g/mol. The Kier molecular flexibility index (Phi) is 8.04. The molecule has 9 nitrogen and oxygen atoms in total. The molecule has 152 valence electrons. The van der Waals surface area contributed by atoms with E-state index in [1.54, 1.807) is 6.07 Å². The molecule has 2 aromatic rings. The fraction of sp³-hybridized carbons (Fsp3) is 0.167. The third-order valence-electron chi connectivity index (χ3n) is 3.65.